The smallest absolute Gasteiger partial charge is 0.136 e. The predicted octanol–water partition coefficient (Wildman–Crippen LogP) is 8.30. The van der Waals surface area contributed by atoms with Gasteiger partial charge in [0, 0.05) is 12.8 Å². The number of hydrogen-bond donors (Lipinski definition) is 0. The van der Waals surface area contributed by atoms with Gasteiger partial charge < -0.3 is 0 Å². The molecule has 4 rings (SSSR count). The highest BCUT2D eigenvalue weighted by Crippen LogP contribution is 2.67. The molecule has 0 aliphatic heterocycles. The summed E-state index contributed by atoms with van der Waals surface area (Å²) in [6.45, 7) is 14.7. The fourth-order valence-corrected chi connectivity index (χ4v) is 8.84. The molecule has 0 aromatic rings. The van der Waals surface area contributed by atoms with E-state index in [0.717, 1.165) is 48.9 Å². The molecule has 0 amide bonds. The topological polar surface area (TPSA) is 17.1 Å². The maximum Gasteiger partial charge on any atom is 0.136 e. The Hall–Kier alpha value is -0.850. The van der Waals surface area contributed by atoms with Gasteiger partial charge in [0.25, 0.3) is 0 Å². The number of rotatable bonds is 5. The van der Waals surface area contributed by atoms with E-state index < -0.39 is 0 Å². The molecule has 0 spiro atoms. The third-order valence-corrected chi connectivity index (χ3v) is 10.7. The first kappa shape index (κ1) is 22.3. The average molecular weight is 411 g/mol. The zero-order chi connectivity index (χ0) is 21.7. The minimum absolute atomic E-state index is 0.321. The predicted molar refractivity (Wildman–Crippen MR) is 127 cm³/mol. The lowest BCUT2D eigenvalue weighted by molar-refractivity contribution is -0.122. The largest absolute Gasteiger partial charge is 0.299 e. The van der Waals surface area contributed by atoms with Crippen molar-refractivity contribution in [3.63, 3.8) is 0 Å². The van der Waals surface area contributed by atoms with Crippen LogP contribution >= 0.6 is 0 Å². The van der Waals surface area contributed by atoms with Crippen LogP contribution in [0.2, 0.25) is 0 Å². The maximum atomic E-state index is 12.1. The van der Waals surface area contributed by atoms with Gasteiger partial charge in [-0.1, -0.05) is 50.5 Å². The Kier molecular flexibility index (Phi) is 6.15. The fraction of sp³-hybridized carbons (Fsp3) is 0.828. The molecule has 0 N–H and O–H groups in total. The molecular formula is C29H46O. The quantitative estimate of drug-likeness (QED) is 0.416. The molecule has 168 valence electrons. The van der Waals surface area contributed by atoms with E-state index in [-0.39, 0.29) is 0 Å². The van der Waals surface area contributed by atoms with Crippen molar-refractivity contribution in [3.8, 4) is 0 Å². The number of allylic oxidation sites excluding steroid dienone is 4. The molecular weight excluding hydrogens is 364 g/mol. The van der Waals surface area contributed by atoms with E-state index in [1.807, 2.05) is 0 Å². The van der Waals surface area contributed by atoms with Gasteiger partial charge in [0.1, 0.15) is 5.78 Å². The minimum atomic E-state index is 0.321. The van der Waals surface area contributed by atoms with Gasteiger partial charge >= 0.3 is 0 Å². The Balaban J connectivity index is 1.50. The van der Waals surface area contributed by atoms with Gasteiger partial charge in [-0.2, -0.15) is 0 Å². The molecule has 4 aliphatic rings. The standard InChI is InChI=1S/C29H46O/c1-7-21(19(2)3)9-8-20(4)25-12-13-26-24-11-10-22-18-23(30)14-16-28(22,5)27(24)15-17-29(25,26)6/h10,20,24-27H,7-9,11-18H2,1-6H3/t20-,24+,25-,26+,27+,28+,29-/m1/s1. The number of carbonyl (C=O) groups excluding carboxylic acids is 1. The van der Waals surface area contributed by atoms with Crippen LogP contribution in [0.1, 0.15) is 112 Å². The van der Waals surface area contributed by atoms with Crippen molar-refractivity contribution >= 4 is 5.78 Å². The molecule has 0 heterocycles. The summed E-state index contributed by atoms with van der Waals surface area (Å²) in [5.74, 6) is 4.84. The first-order valence-corrected chi connectivity index (χ1v) is 13.1. The van der Waals surface area contributed by atoms with E-state index in [0.29, 0.717) is 16.6 Å². The number of Topliss-reactive ketones (excluding diaryl/α,β-unsaturated/α-hetero) is 1. The highest BCUT2D eigenvalue weighted by Gasteiger charge is 2.59. The van der Waals surface area contributed by atoms with Crippen molar-refractivity contribution in [2.45, 2.75) is 112 Å². The summed E-state index contributed by atoms with van der Waals surface area (Å²) in [6.07, 6.45) is 16.1. The van der Waals surface area contributed by atoms with E-state index in [1.54, 1.807) is 11.1 Å². The zero-order valence-corrected chi connectivity index (χ0v) is 20.7. The first-order valence-electron chi connectivity index (χ1n) is 13.1. The molecule has 4 aliphatic carbocycles. The highest BCUT2D eigenvalue weighted by molar-refractivity contribution is 5.82. The third kappa shape index (κ3) is 3.57. The van der Waals surface area contributed by atoms with Gasteiger partial charge in [0.05, 0.1) is 0 Å². The van der Waals surface area contributed by atoms with Crippen LogP contribution in [-0.4, -0.2) is 5.78 Å². The molecule has 3 fully saturated rings. The van der Waals surface area contributed by atoms with Gasteiger partial charge in [-0.15, -0.1) is 0 Å². The Bertz CT molecular complexity index is 737. The number of fused-ring (bicyclic) bond motifs is 5. The Morgan fingerprint density at radius 3 is 2.60 bits per heavy atom. The molecule has 30 heavy (non-hydrogen) atoms. The van der Waals surface area contributed by atoms with Crippen LogP contribution in [0.15, 0.2) is 22.8 Å². The third-order valence-electron chi connectivity index (χ3n) is 10.7. The average Bonchev–Trinajstić information content (AvgIpc) is 3.06. The molecule has 0 radical (unpaired) electrons. The molecule has 3 saturated carbocycles. The van der Waals surface area contributed by atoms with Crippen molar-refractivity contribution in [1.82, 2.24) is 0 Å². The number of ketones is 1. The number of hydrogen-bond acceptors (Lipinski definition) is 1. The second-order valence-electron chi connectivity index (χ2n) is 12.2. The Morgan fingerprint density at radius 1 is 1.13 bits per heavy atom. The molecule has 1 heteroatoms. The summed E-state index contributed by atoms with van der Waals surface area (Å²) in [5, 5.41) is 0. The first-order chi connectivity index (χ1) is 14.2. The van der Waals surface area contributed by atoms with E-state index >= 15 is 0 Å². The monoisotopic (exact) mass is 410 g/mol. The Labute approximate surface area is 186 Å². The molecule has 7 atom stereocenters. The van der Waals surface area contributed by atoms with Crippen LogP contribution in [0.4, 0.5) is 0 Å². The van der Waals surface area contributed by atoms with Gasteiger partial charge in [0.15, 0.2) is 0 Å². The summed E-state index contributed by atoms with van der Waals surface area (Å²) in [6, 6.07) is 0. The van der Waals surface area contributed by atoms with Crippen LogP contribution in [0.3, 0.4) is 0 Å². The summed E-state index contributed by atoms with van der Waals surface area (Å²) in [5.41, 5.74) is 5.62. The minimum Gasteiger partial charge on any atom is -0.299 e. The maximum absolute atomic E-state index is 12.1. The van der Waals surface area contributed by atoms with Gasteiger partial charge in [-0.05, 0) is 112 Å². The van der Waals surface area contributed by atoms with Crippen molar-refractivity contribution in [3.05, 3.63) is 22.8 Å². The SMILES string of the molecule is CCC(CC[C@@H](C)[C@H]1CC[C@H]2[C@@H]3CC=C4CC(=O)CC[C@]4(C)[C@H]3CC[C@]12C)=C(C)C. The highest BCUT2D eigenvalue weighted by atomic mass is 16.1. The fourth-order valence-electron chi connectivity index (χ4n) is 8.84. The zero-order valence-electron chi connectivity index (χ0n) is 20.7. The summed E-state index contributed by atoms with van der Waals surface area (Å²) >= 11 is 0. The molecule has 0 aromatic heterocycles. The summed E-state index contributed by atoms with van der Waals surface area (Å²) in [4.78, 5) is 12.1. The van der Waals surface area contributed by atoms with Crippen LogP contribution < -0.4 is 0 Å². The molecule has 0 bridgehead atoms. The second-order valence-corrected chi connectivity index (χ2v) is 12.2. The van der Waals surface area contributed by atoms with Crippen molar-refractivity contribution in [1.29, 1.82) is 0 Å². The van der Waals surface area contributed by atoms with Gasteiger partial charge in [-0.3, -0.25) is 4.79 Å². The molecule has 0 saturated heterocycles. The second kappa shape index (κ2) is 8.25. The van der Waals surface area contributed by atoms with E-state index in [4.69, 9.17) is 0 Å². The van der Waals surface area contributed by atoms with Gasteiger partial charge in [-0.25, -0.2) is 0 Å². The van der Waals surface area contributed by atoms with E-state index in [1.165, 1.54) is 56.9 Å². The van der Waals surface area contributed by atoms with Crippen molar-refractivity contribution in [2.24, 2.45) is 40.4 Å². The molecule has 1 nitrogen and oxygen atoms in total. The van der Waals surface area contributed by atoms with Crippen LogP contribution in [0.5, 0.6) is 0 Å². The Morgan fingerprint density at radius 2 is 1.90 bits per heavy atom. The van der Waals surface area contributed by atoms with E-state index in [2.05, 4.69) is 47.6 Å². The van der Waals surface area contributed by atoms with E-state index in [9.17, 15) is 4.79 Å². The molecule has 0 aromatic carbocycles. The number of carbonyl (C=O) groups is 1. The lowest BCUT2D eigenvalue weighted by atomic mass is 9.47. The van der Waals surface area contributed by atoms with Crippen LogP contribution in [0, 0.1) is 40.4 Å². The van der Waals surface area contributed by atoms with Crippen LogP contribution in [0.25, 0.3) is 0 Å². The summed E-state index contributed by atoms with van der Waals surface area (Å²) in [7, 11) is 0. The normalized spacial score (nSPS) is 41.4. The lowest BCUT2D eigenvalue weighted by Crippen LogP contribution is -2.50. The van der Waals surface area contributed by atoms with Crippen LogP contribution in [-0.2, 0) is 4.79 Å². The lowest BCUT2D eigenvalue weighted by Gasteiger charge is -2.58. The van der Waals surface area contributed by atoms with Crippen molar-refractivity contribution in [2.75, 3.05) is 0 Å². The van der Waals surface area contributed by atoms with Gasteiger partial charge in [0.2, 0.25) is 0 Å². The molecule has 0 unspecified atom stereocenters. The van der Waals surface area contributed by atoms with Crippen molar-refractivity contribution < 1.29 is 4.79 Å². The summed E-state index contributed by atoms with van der Waals surface area (Å²) < 4.78 is 0.